The van der Waals surface area contributed by atoms with Crippen molar-refractivity contribution >= 4 is 0 Å². The molecule has 0 aromatic heterocycles. The highest BCUT2D eigenvalue weighted by Gasteiger charge is 1.97. The maximum absolute atomic E-state index is 2.41. The van der Waals surface area contributed by atoms with Crippen molar-refractivity contribution in [3.05, 3.63) is 12.2 Å². The predicted molar refractivity (Wildman–Crippen MR) is 80.4 cm³/mol. The molecule has 0 N–H and O–H groups in total. The third-order valence-corrected chi connectivity index (χ3v) is 3.48. The first kappa shape index (κ1) is 16.7. The molecule has 102 valence electrons. The van der Waals surface area contributed by atoms with Crippen LogP contribution >= 0.6 is 0 Å². The number of unbranched alkanes of at least 4 members (excludes halogenated alkanes) is 7. The van der Waals surface area contributed by atoms with Gasteiger partial charge in [0.1, 0.15) is 0 Å². The highest BCUT2D eigenvalue weighted by molar-refractivity contribution is 4.83. The van der Waals surface area contributed by atoms with E-state index in [9.17, 15) is 0 Å². The van der Waals surface area contributed by atoms with E-state index in [-0.39, 0.29) is 0 Å². The molecule has 0 spiro atoms. The molecule has 0 heteroatoms. The van der Waals surface area contributed by atoms with Crippen LogP contribution in [0, 0.1) is 5.92 Å². The highest BCUT2D eigenvalue weighted by atomic mass is 14.0. The molecule has 0 aliphatic rings. The van der Waals surface area contributed by atoms with Crippen molar-refractivity contribution in [2.24, 2.45) is 5.92 Å². The summed E-state index contributed by atoms with van der Waals surface area (Å²) in [7, 11) is 0. The lowest BCUT2D eigenvalue weighted by atomic mass is 10.0. The van der Waals surface area contributed by atoms with E-state index in [2.05, 4.69) is 32.9 Å². The van der Waals surface area contributed by atoms with Crippen LogP contribution in [0.15, 0.2) is 12.2 Å². The standard InChI is InChI=1S/C17H34/c1-4-6-8-9-10-11-12-13-14-16-17(3)15-7-5-2/h13-14,17H,4-12,15-16H2,1-3H3/b14-13+. The van der Waals surface area contributed by atoms with E-state index in [1.54, 1.807) is 0 Å². The summed E-state index contributed by atoms with van der Waals surface area (Å²) >= 11 is 0. The lowest BCUT2D eigenvalue weighted by Gasteiger charge is -2.06. The van der Waals surface area contributed by atoms with Gasteiger partial charge >= 0.3 is 0 Å². The maximum atomic E-state index is 2.41. The Morgan fingerprint density at radius 2 is 1.41 bits per heavy atom. The molecule has 0 saturated heterocycles. The van der Waals surface area contributed by atoms with Crippen LogP contribution in [0.3, 0.4) is 0 Å². The summed E-state index contributed by atoms with van der Waals surface area (Å²) in [6, 6.07) is 0. The zero-order valence-electron chi connectivity index (χ0n) is 12.5. The van der Waals surface area contributed by atoms with Crippen LogP contribution in [0.1, 0.15) is 91.4 Å². The number of allylic oxidation sites excluding steroid dienone is 2. The van der Waals surface area contributed by atoms with Gasteiger partial charge in [-0.05, 0) is 25.2 Å². The van der Waals surface area contributed by atoms with Crippen LogP contribution < -0.4 is 0 Å². The molecule has 0 amide bonds. The van der Waals surface area contributed by atoms with Crippen LogP contribution in [0.5, 0.6) is 0 Å². The average molecular weight is 238 g/mol. The Hall–Kier alpha value is -0.260. The Morgan fingerprint density at radius 3 is 2.12 bits per heavy atom. The average Bonchev–Trinajstić information content (AvgIpc) is 2.34. The van der Waals surface area contributed by atoms with E-state index in [4.69, 9.17) is 0 Å². The fraction of sp³-hybridized carbons (Fsp3) is 0.882. The first-order valence-electron chi connectivity index (χ1n) is 7.96. The Morgan fingerprint density at radius 1 is 0.765 bits per heavy atom. The van der Waals surface area contributed by atoms with Gasteiger partial charge in [-0.2, -0.15) is 0 Å². The van der Waals surface area contributed by atoms with Gasteiger partial charge in [-0.1, -0.05) is 84.3 Å². The normalized spacial score (nSPS) is 13.4. The first-order valence-corrected chi connectivity index (χ1v) is 7.96. The lowest BCUT2D eigenvalue weighted by molar-refractivity contribution is 0.511. The van der Waals surface area contributed by atoms with Gasteiger partial charge in [-0.15, -0.1) is 0 Å². The van der Waals surface area contributed by atoms with Gasteiger partial charge in [0, 0.05) is 0 Å². The van der Waals surface area contributed by atoms with Crippen molar-refractivity contribution in [1.29, 1.82) is 0 Å². The minimum atomic E-state index is 0.885. The highest BCUT2D eigenvalue weighted by Crippen LogP contribution is 2.13. The second kappa shape index (κ2) is 13.8. The lowest BCUT2D eigenvalue weighted by Crippen LogP contribution is -1.91. The van der Waals surface area contributed by atoms with Crippen molar-refractivity contribution in [1.82, 2.24) is 0 Å². The summed E-state index contributed by atoms with van der Waals surface area (Å²) in [6.07, 6.45) is 20.0. The van der Waals surface area contributed by atoms with Crippen LogP contribution in [-0.4, -0.2) is 0 Å². The molecule has 0 heterocycles. The molecular formula is C17H34. The van der Waals surface area contributed by atoms with E-state index < -0.39 is 0 Å². The van der Waals surface area contributed by atoms with Gasteiger partial charge in [0.25, 0.3) is 0 Å². The molecule has 0 saturated carbocycles. The van der Waals surface area contributed by atoms with Crippen LogP contribution in [0.2, 0.25) is 0 Å². The summed E-state index contributed by atoms with van der Waals surface area (Å²) in [5, 5.41) is 0. The van der Waals surface area contributed by atoms with Gasteiger partial charge in [0.15, 0.2) is 0 Å². The van der Waals surface area contributed by atoms with Gasteiger partial charge in [-0.25, -0.2) is 0 Å². The van der Waals surface area contributed by atoms with Crippen LogP contribution in [0.25, 0.3) is 0 Å². The monoisotopic (exact) mass is 238 g/mol. The topological polar surface area (TPSA) is 0 Å². The fourth-order valence-corrected chi connectivity index (χ4v) is 2.16. The summed E-state index contributed by atoms with van der Waals surface area (Å²) in [5.74, 6) is 0.885. The second-order valence-electron chi connectivity index (χ2n) is 5.51. The Bertz CT molecular complexity index is 157. The van der Waals surface area contributed by atoms with E-state index in [0.29, 0.717) is 0 Å². The second-order valence-corrected chi connectivity index (χ2v) is 5.51. The first-order chi connectivity index (χ1) is 8.31. The predicted octanol–water partition coefficient (Wildman–Crippen LogP) is 6.51. The molecule has 0 aliphatic heterocycles. The molecule has 0 rings (SSSR count). The molecule has 1 atom stereocenters. The van der Waals surface area contributed by atoms with E-state index in [1.165, 1.54) is 70.6 Å². The molecule has 0 aromatic rings. The molecule has 0 bridgehead atoms. The molecular weight excluding hydrogens is 204 g/mol. The molecule has 17 heavy (non-hydrogen) atoms. The molecule has 1 unspecified atom stereocenters. The summed E-state index contributed by atoms with van der Waals surface area (Å²) < 4.78 is 0. The smallest absolute Gasteiger partial charge is 0.0325 e. The van der Waals surface area contributed by atoms with Crippen molar-refractivity contribution < 1.29 is 0 Å². The van der Waals surface area contributed by atoms with Gasteiger partial charge in [-0.3, -0.25) is 0 Å². The van der Waals surface area contributed by atoms with Crippen molar-refractivity contribution in [2.45, 2.75) is 91.4 Å². The summed E-state index contributed by atoms with van der Waals surface area (Å²) in [5.41, 5.74) is 0. The molecule has 0 fully saturated rings. The van der Waals surface area contributed by atoms with E-state index in [1.807, 2.05) is 0 Å². The summed E-state index contributed by atoms with van der Waals surface area (Å²) in [6.45, 7) is 6.94. The largest absolute Gasteiger partial charge is 0.0885 e. The third kappa shape index (κ3) is 13.7. The fourth-order valence-electron chi connectivity index (χ4n) is 2.16. The SMILES string of the molecule is CCCCCCCC/C=C/CC(C)CCCC. The summed E-state index contributed by atoms with van der Waals surface area (Å²) in [4.78, 5) is 0. The van der Waals surface area contributed by atoms with E-state index >= 15 is 0 Å². The van der Waals surface area contributed by atoms with Crippen molar-refractivity contribution in [3.63, 3.8) is 0 Å². The molecule has 0 radical (unpaired) electrons. The minimum absolute atomic E-state index is 0.885. The maximum Gasteiger partial charge on any atom is -0.0325 e. The van der Waals surface area contributed by atoms with Gasteiger partial charge in [0.2, 0.25) is 0 Å². The van der Waals surface area contributed by atoms with E-state index in [0.717, 1.165) is 5.92 Å². The zero-order valence-corrected chi connectivity index (χ0v) is 12.5. The Kier molecular flexibility index (Phi) is 13.6. The number of rotatable bonds is 12. The zero-order chi connectivity index (χ0) is 12.8. The Balaban J connectivity index is 3.19. The van der Waals surface area contributed by atoms with Crippen molar-refractivity contribution in [3.8, 4) is 0 Å². The molecule has 0 aliphatic carbocycles. The third-order valence-electron chi connectivity index (χ3n) is 3.48. The molecule has 0 aromatic carbocycles. The number of hydrogen-bond donors (Lipinski definition) is 0. The quantitative estimate of drug-likeness (QED) is 0.268. The van der Waals surface area contributed by atoms with Crippen molar-refractivity contribution in [2.75, 3.05) is 0 Å². The van der Waals surface area contributed by atoms with Crippen LogP contribution in [-0.2, 0) is 0 Å². The van der Waals surface area contributed by atoms with Gasteiger partial charge < -0.3 is 0 Å². The molecule has 0 nitrogen and oxygen atoms in total. The van der Waals surface area contributed by atoms with Crippen LogP contribution in [0.4, 0.5) is 0 Å². The minimum Gasteiger partial charge on any atom is -0.0885 e. The Labute approximate surface area is 110 Å². The number of hydrogen-bond acceptors (Lipinski definition) is 0. The van der Waals surface area contributed by atoms with Gasteiger partial charge in [0.05, 0.1) is 0 Å².